The van der Waals surface area contributed by atoms with Crippen molar-refractivity contribution in [2.45, 2.75) is 59.3 Å². The summed E-state index contributed by atoms with van der Waals surface area (Å²) < 4.78 is 11.5. The van der Waals surface area contributed by atoms with Crippen LogP contribution in [0.1, 0.15) is 51.5 Å². The van der Waals surface area contributed by atoms with E-state index < -0.39 is 0 Å². The molecule has 20 heavy (non-hydrogen) atoms. The van der Waals surface area contributed by atoms with Crippen LogP contribution in [-0.4, -0.2) is 18.3 Å². The van der Waals surface area contributed by atoms with Crippen LogP contribution in [-0.2, 0) is 17.9 Å². The van der Waals surface area contributed by atoms with Crippen molar-refractivity contribution in [3.05, 3.63) is 17.5 Å². The van der Waals surface area contributed by atoms with Crippen molar-refractivity contribution in [3.63, 3.8) is 0 Å². The molecular formula is C16H28N2O2. The fraction of sp³-hybridized carbons (Fsp3) is 0.812. The molecule has 4 nitrogen and oxygen atoms in total. The van der Waals surface area contributed by atoms with Crippen LogP contribution in [0.4, 0.5) is 0 Å². The zero-order valence-electron chi connectivity index (χ0n) is 13.2. The van der Waals surface area contributed by atoms with E-state index in [0.717, 1.165) is 23.9 Å². The average Bonchev–Trinajstić information content (AvgIpc) is 2.84. The Bertz CT molecular complexity index is 403. The van der Waals surface area contributed by atoms with Gasteiger partial charge in [0, 0.05) is 12.6 Å². The number of nitrogens with one attached hydrogen (secondary N) is 1. The predicted molar refractivity (Wildman–Crippen MR) is 79.2 cm³/mol. The highest BCUT2D eigenvalue weighted by molar-refractivity contribution is 5.04. The number of hydrogen-bond acceptors (Lipinski definition) is 4. The molecule has 3 unspecified atom stereocenters. The van der Waals surface area contributed by atoms with Crippen LogP contribution in [0.5, 0.6) is 0 Å². The SMILES string of the molecule is CNCc1cc(COC2CC(C)CCC2C(C)C)on1. The Hall–Kier alpha value is -0.870. The van der Waals surface area contributed by atoms with Crippen LogP contribution in [0, 0.1) is 17.8 Å². The second kappa shape index (κ2) is 7.23. The zero-order valence-corrected chi connectivity index (χ0v) is 13.2. The van der Waals surface area contributed by atoms with E-state index in [4.69, 9.17) is 9.26 Å². The summed E-state index contributed by atoms with van der Waals surface area (Å²) in [6.45, 7) is 8.20. The summed E-state index contributed by atoms with van der Waals surface area (Å²) in [5.74, 6) is 2.95. The second-order valence-corrected chi connectivity index (χ2v) is 6.49. The van der Waals surface area contributed by atoms with E-state index in [-0.39, 0.29) is 0 Å². The Kier molecular flexibility index (Phi) is 5.61. The van der Waals surface area contributed by atoms with E-state index in [1.165, 1.54) is 19.3 Å². The smallest absolute Gasteiger partial charge is 0.162 e. The monoisotopic (exact) mass is 280 g/mol. The lowest BCUT2D eigenvalue weighted by Crippen LogP contribution is -2.34. The Morgan fingerprint density at radius 2 is 2.25 bits per heavy atom. The van der Waals surface area contributed by atoms with Crippen molar-refractivity contribution in [3.8, 4) is 0 Å². The molecule has 1 N–H and O–H groups in total. The van der Waals surface area contributed by atoms with Gasteiger partial charge < -0.3 is 14.6 Å². The van der Waals surface area contributed by atoms with Crippen molar-refractivity contribution >= 4 is 0 Å². The van der Waals surface area contributed by atoms with Crippen LogP contribution < -0.4 is 5.32 Å². The summed E-state index contributed by atoms with van der Waals surface area (Å²) in [5.41, 5.74) is 0.934. The van der Waals surface area contributed by atoms with Gasteiger partial charge in [0.2, 0.25) is 0 Å². The molecule has 0 aromatic carbocycles. The highest BCUT2D eigenvalue weighted by Gasteiger charge is 2.31. The van der Waals surface area contributed by atoms with Gasteiger partial charge in [-0.3, -0.25) is 0 Å². The third kappa shape index (κ3) is 4.06. The van der Waals surface area contributed by atoms with Crippen LogP contribution >= 0.6 is 0 Å². The van der Waals surface area contributed by atoms with Crippen molar-refractivity contribution < 1.29 is 9.26 Å². The van der Waals surface area contributed by atoms with Gasteiger partial charge in [-0.1, -0.05) is 32.3 Å². The molecule has 1 aliphatic carbocycles. The molecule has 2 rings (SSSR count). The molecule has 3 atom stereocenters. The maximum atomic E-state index is 6.15. The van der Waals surface area contributed by atoms with E-state index in [2.05, 4.69) is 31.2 Å². The number of hydrogen-bond donors (Lipinski definition) is 1. The van der Waals surface area contributed by atoms with Gasteiger partial charge in [0.1, 0.15) is 6.61 Å². The third-order valence-corrected chi connectivity index (χ3v) is 4.37. The standard InChI is InChI=1S/C16H28N2O2/c1-11(2)15-6-5-12(3)7-16(15)19-10-14-8-13(9-17-4)18-20-14/h8,11-12,15-17H,5-7,9-10H2,1-4H3. The van der Waals surface area contributed by atoms with E-state index in [1.54, 1.807) is 0 Å². The molecule has 0 saturated heterocycles. The Balaban J connectivity index is 1.89. The topological polar surface area (TPSA) is 47.3 Å². The molecule has 0 bridgehead atoms. The first-order valence-electron chi connectivity index (χ1n) is 7.80. The molecule has 0 spiro atoms. The fourth-order valence-electron chi connectivity index (χ4n) is 3.18. The predicted octanol–water partition coefficient (Wildman–Crippen LogP) is 3.37. The summed E-state index contributed by atoms with van der Waals surface area (Å²) in [6, 6.07) is 1.98. The maximum Gasteiger partial charge on any atom is 0.162 e. The number of ether oxygens (including phenoxy) is 1. The van der Waals surface area contributed by atoms with Gasteiger partial charge in [-0.15, -0.1) is 0 Å². The van der Waals surface area contributed by atoms with Crippen molar-refractivity contribution in [2.24, 2.45) is 17.8 Å². The highest BCUT2D eigenvalue weighted by Crippen LogP contribution is 2.35. The summed E-state index contributed by atoms with van der Waals surface area (Å²) in [6.07, 6.45) is 4.14. The first-order valence-corrected chi connectivity index (χ1v) is 7.80. The molecule has 0 radical (unpaired) electrons. The Morgan fingerprint density at radius 1 is 1.45 bits per heavy atom. The summed E-state index contributed by atoms with van der Waals surface area (Å²) >= 11 is 0. The molecule has 1 saturated carbocycles. The van der Waals surface area contributed by atoms with Gasteiger partial charge in [-0.2, -0.15) is 0 Å². The molecule has 114 valence electrons. The van der Waals surface area contributed by atoms with Crippen LogP contribution in [0.25, 0.3) is 0 Å². The molecule has 0 amide bonds. The molecule has 1 heterocycles. The molecule has 1 aliphatic rings. The average molecular weight is 280 g/mol. The molecule has 4 heteroatoms. The number of rotatable bonds is 6. The molecule has 1 fully saturated rings. The summed E-state index contributed by atoms with van der Waals surface area (Å²) in [7, 11) is 1.90. The minimum absolute atomic E-state index is 0.358. The van der Waals surface area contributed by atoms with Crippen molar-refractivity contribution in [2.75, 3.05) is 7.05 Å². The molecule has 1 aromatic rings. The number of aromatic nitrogens is 1. The van der Waals surface area contributed by atoms with E-state index >= 15 is 0 Å². The van der Waals surface area contributed by atoms with Gasteiger partial charge in [-0.05, 0) is 37.6 Å². The normalized spacial score (nSPS) is 27.1. The Morgan fingerprint density at radius 3 is 2.95 bits per heavy atom. The van der Waals surface area contributed by atoms with E-state index in [9.17, 15) is 0 Å². The first kappa shape index (κ1) is 15.5. The number of nitrogens with zero attached hydrogens (tertiary/aromatic N) is 1. The lowest BCUT2D eigenvalue weighted by atomic mass is 9.75. The summed E-state index contributed by atoms with van der Waals surface area (Å²) in [5, 5.41) is 7.09. The third-order valence-electron chi connectivity index (χ3n) is 4.37. The van der Waals surface area contributed by atoms with Crippen molar-refractivity contribution in [1.29, 1.82) is 0 Å². The van der Waals surface area contributed by atoms with Crippen LogP contribution in [0.2, 0.25) is 0 Å². The second-order valence-electron chi connectivity index (χ2n) is 6.49. The first-order chi connectivity index (χ1) is 9.60. The highest BCUT2D eigenvalue weighted by atomic mass is 16.5. The van der Waals surface area contributed by atoms with E-state index in [1.807, 2.05) is 13.1 Å². The molecule has 1 aromatic heterocycles. The van der Waals surface area contributed by atoms with Gasteiger partial charge >= 0.3 is 0 Å². The van der Waals surface area contributed by atoms with Crippen molar-refractivity contribution in [1.82, 2.24) is 10.5 Å². The van der Waals surface area contributed by atoms with Crippen LogP contribution in [0.15, 0.2) is 10.6 Å². The van der Waals surface area contributed by atoms with E-state index in [0.29, 0.717) is 24.5 Å². The van der Waals surface area contributed by atoms with Gasteiger partial charge in [0.15, 0.2) is 5.76 Å². The van der Waals surface area contributed by atoms with Gasteiger partial charge in [0.05, 0.1) is 11.8 Å². The van der Waals surface area contributed by atoms with Gasteiger partial charge in [0.25, 0.3) is 0 Å². The van der Waals surface area contributed by atoms with Gasteiger partial charge in [-0.25, -0.2) is 0 Å². The quantitative estimate of drug-likeness (QED) is 0.868. The largest absolute Gasteiger partial charge is 0.370 e. The lowest BCUT2D eigenvalue weighted by Gasteiger charge is -2.36. The Labute approximate surface area is 122 Å². The lowest BCUT2D eigenvalue weighted by molar-refractivity contribution is -0.0533. The maximum absolute atomic E-state index is 6.15. The molecular weight excluding hydrogens is 252 g/mol. The minimum atomic E-state index is 0.358. The zero-order chi connectivity index (χ0) is 14.5. The fourth-order valence-corrected chi connectivity index (χ4v) is 3.18. The minimum Gasteiger partial charge on any atom is -0.370 e. The molecule has 0 aliphatic heterocycles. The van der Waals surface area contributed by atoms with Crippen LogP contribution in [0.3, 0.4) is 0 Å². The summed E-state index contributed by atoms with van der Waals surface area (Å²) in [4.78, 5) is 0.